The summed E-state index contributed by atoms with van der Waals surface area (Å²) in [6.07, 6.45) is 0. The quantitative estimate of drug-likeness (QED) is 0.539. The fraction of sp³-hybridized carbons (Fsp3) is 0.133. The molecule has 0 N–H and O–H groups in total. The topological polar surface area (TPSA) is 86.7 Å². The van der Waals surface area contributed by atoms with Gasteiger partial charge >= 0.3 is 0 Å². The summed E-state index contributed by atoms with van der Waals surface area (Å²) in [5.74, 6) is 0. The fourth-order valence-corrected chi connectivity index (χ4v) is 3.17. The molecule has 0 amide bonds. The third-order valence-corrected chi connectivity index (χ3v) is 4.16. The Morgan fingerprint density at radius 3 is 2.52 bits per heavy atom. The van der Waals surface area contributed by atoms with Gasteiger partial charge in [-0.3, -0.25) is 10.1 Å². The fourth-order valence-electron chi connectivity index (χ4n) is 2.27. The van der Waals surface area contributed by atoms with Crippen molar-refractivity contribution < 1.29 is 4.92 Å². The van der Waals surface area contributed by atoms with Gasteiger partial charge in [0, 0.05) is 6.07 Å². The second kappa shape index (κ2) is 6.17. The highest BCUT2D eigenvalue weighted by molar-refractivity contribution is 7.99. The van der Waals surface area contributed by atoms with E-state index in [1.165, 1.54) is 17.8 Å². The van der Waals surface area contributed by atoms with E-state index in [0.29, 0.717) is 10.1 Å². The first-order valence-electron chi connectivity index (χ1n) is 6.83. The molecule has 7 nitrogen and oxygen atoms in total. The van der Waals surface area contributed by atoms with Gasteiger partial charge in [-0.05, 0) is 65.4 Å². The van der Waals surface area contributed by atoms with E-state index in [9.17, 15) is 10.1 Å². The highest BCUT2D eigenvalue weighted by atomic mass is 32.2. The zero-order chi connectivity index (χ0) is 16.4. The number of para-hydroxylation sites is 1. The largest absolute Gasteiger partial charge is 0.283 e. The Morgan fingerprint density at radius 2 is 1.83 bits per heavy atom. The standard InChI is InChI=1S/C15H13N5O2S/c1-10-7-11(2)9-12(8-10)19-15(16-17-18-19)23-14-6-4-3-5-13(14)20(21)22/h3-9H,1-2H3. The molecule has 0 saturated heterocycles. The minimum atomic E-state index is -0.409. The van der Waals surface area contributed by atoms with Crippen LogP contribution in [-0.2, 0) is 0 Å². The first-order chi connectivity index (χ1) is 11.0. The van der Waals surface area contributed by atoms with E-state index in [1.807, 2.05) is 26.0 Å². The van der Waals surface area contributed by atoms with Crippen LogP contribution in [0, 0.1) is 24.0 Å². The maximum absolute atomic E-state index is 11.1. The van der Waals surface area contributed by atoms with Gasteiger partial charge in [-0.25, -0.2) is 0 Å². The van der Waals surface area contributed by atoms with Gasteiger partial charge in [0.15, 0.2) is 0 Å². The molecule has 1 heterocycles. The Bertz CT molecular complexity index is 858. The molecular weight excluding hydrogens is 314 g/mol. The van der Waals surface area contributed by atoms with Crippen molar-refractivity contribution in [1.82, 2.24) is 20.2 Å². The van der Waals surface area contributed by atoms with Crippen LogP contribution >= 0.6 is 11.8 Å². The molecule has 2 aromatic carbocycles. The van der Waals surface area contributed by atoms with Crippen LogP contribution in [0.25, 0.3) is 5.69 Å². The van der Waals surface area contributed by atoms with Crippen molar-refractivity contribution in [2.75, 3.05) is 0 Å². The molecule has 0 atom stereocenters. The summed E-state index contributed by atoms with van der Waals surface area (Å²) in [5.41, 5.74) is 3.05. The predicted octanol–water partition coefficient (Wildman–Crippen LogP) is 3.34. The van der Waals surface area contributed by atoms with Crippen LogP contribution in [0.2, 0.25) is 0 Å². The number of nitro benzene ring substituents is 1. The van der Waals surface area contributed by atoms with Gasteiger partial charge in [-0.2, -0.15) is 4.68 Å². The van der Waals surface area contributed by atoms with E-state index in [0.717, 1.165) is 16.8 Å². The van der Waals surface area contributed by atoms with E-state index < -0.39 is 4.92 Å². The van der Waals surface area contributed by atoms with Crippen LogP contribution in [0.4, 0.5) is 5.69 Å². The average Bonchev–Trinajstić information content (AvgIpc) is 2.95. The summed E-state index contributed by atoms with van der Waals surface area (Å²) >= 11 is 1.17. The Morgan fingerprint density at radius 1 is 1.13 bits per heavy atom. The third kappa shape index (κ3) is 3.21. The zero-order valence-corrected chi connectivity index (χ0v) is 13.3. The molecule has 23 heavy (non-hydrogen) atoms. The van der Waals surface area contributed by atoms with Gasteiger partial charge in [0.1, 0.15) is 0 Å². The van der Waals surface area contributed by atoms with Crippen molar-refractivity contribution in [2.45, 2.75) is 23.9 Å². The van der Waals surface area contributed by atoms with E-state index in [-0.39, 0.29) is 5.69 Å². The second-order valence-electron chi connectivity index (χ2n) is 5.05. The SMILES string of the molecule is Cc1cc(C)cc(-n2nnnc2Sc2ccccc2[N+](=O)[O-])c1. The second-order valence-corrected chi connectivity index (χ2v) is 6.06. The summed E-state index contributed by atoms with van der Waals surface area (Å²) in [4.78, 5) is 11.2. The summed E-state index contributed by atoms with van der Waals surface area (Å²) in [6, 6.07) is 12.5. The Balaban J connectivity index is 2.01. The monoisotopic (exact) mass is 327 g/mol. The number of hydrogen-bond acceptors (Lipinski definition) is 6. The Kier molecular flexibility index (Phi) is 4.07. The predicted molar refractivity (Wildman–Crippen MR) is 85.8 cm³/mol. The average molecular weight is 327 g/mol. The van der Waals surface area contributed by atoms with Gasteiger partial charge in [-0.1, -0.05) is 18.2 Å². The van der Waals surface area contributed by atoms with E-state index in [1.54, 1.807) is 22.9 Å². The van der Waals surface area contributed by atoms with Crippen molar-refractivity contribution in [3.05, 3.63) is 63.7 Å². The van der Waals surface area contributed by atoms with Gasteiger partial charge in [0.2, 0.25) is 5.16 Å². The van der Waals surface area contributed by atoms with Crippen molar-refractivity contribution in [1.29, 1.82) is 0 Å². The molecule has 8 heteroatoms. The normalized spacial score (nSPS) is 10.7. The summed E-state index contributed by atoms with van der Waals surface area (Å²) in [6.45, 7) is 3.99. The smallest absolute Gasteiger partial charge is 0.258 e. The molecule has 0 unspecified atom stereocenters. The number of aryl methyl sites for hydroxylation is 2. The van der Waals surface area contributed by atoms with E-state index in [2.05, 4.69) is 21.6 Å². The number of tetrazole rings is 1. The van der Waals surface area contributed by atoms with Crippen molar-refractivity contribution >= 4 is 17.4 Å². The number of benzene rings is 2. The van der Waals surface area contributed by atoms with Crippen molar-refractivity contribution in [3.63, 3.8) is 0 Å². The van der Waals surface area contributed by atoms with Gasteiger partial charge < -0.3 is 0 Å². The van der Waals surface area contributed by atoms with E-state index >= 15 is 0 Å². The lowest BCUT2D eigenvalue weighted by Crippen LogP contribution is -2.00. The highest BCUT2D eigenvalue weighted by Crippen LogP contribution is 2.33. The minimum Gasteiger partial charge on any atom is -0.258 e. The van der Waals surface area contributed by atoms with Crippen molar-refractivity contribution in [3.8, 4) is 5.69 Å². The maximum Gasteiger partial charge on any atom is 0.283 e. The molecule has 3 rings (SSSR count). The number of nitro groups is 1. The zero-order valence-electron chi connectivity index (χ0n) is 12.5. The molecule has 3 aromatic rings. The van der Waals surface area contributed by atoms with Gasteiger partial charge in [0.05, 0.1) is 15.5 Å². The third-order valence-electron chi connectivity index (χ3n) is 3.16. The Hall–Kier alpha value is -2.74. The summed E-state index contributed by atoms with van der Waals surface area (Å²) in [5, 5.41) is 23.3. The molecule has 0 aliphatic rings. The minimum absolute atomic E-state index is 0.0347. The first kappa shape index (κ1) is 15.2. The van der Waals surface area contributed by atoms with Crippen LogP contribution < -0.4 is 0 Å². The number of rotatable bonds is 4. The van der Waals surface area contributed by atoms with Gasteiger partial charge in [-0.15, -0.1) is 5.10 Å². The molecule has 0 aliphatic carbocycles. The lowest BCUT2D eigenvalue weighted by Gasteiger charge is -2.07. The number of hydrogen-bond donors (Lipinski definition) is 0. The molecule has 0 fully saturated rings. The van der Waals surface area contributed by atoms with Crippen LogP contribution in [0.3, 0.4) is 0 Å². The molecule has 116 valence electrons. The Labute approximate surface area is 136 Å². The van der Waals surface area contributed by atoms with E-state index in [4.69, 9.17) is 0 Å². The lowest BCUT2D eigenvalue weighted by molar-refractivity contribution is -0.387. The van der Waals surface area contributed by atoms with Gasteiger partial charge in [0.25, 0.3) is 5.69 Å². The molecular formula is C15H13N5O2S. The lowest BCUT2D eigenvalue weighted by atomic mass is 10.1. The molecule has 1 aromatic heterocycles. The molecule has 0 aliphatic heterocycles. The summed E-state index contributed by atoms with van der Waals surface area (Å²) < 4.78 is 1.58. The summed E-state index contributed by atoms with van der Waals surface area (Å²) in [7, 11) is 0. The molecule has 0 spiro atoms. The van der Waals surface area contributed by atoms with Crippen LogP contribution in [-0.4, -0.2) is 25.1 Å². The van der Waals surface area contributed by atoms with Crippen LogP contribution in [0.1, 0.15) is 11.1 Å². The molecule has 0 radical (unpaired) electrons. The van der Waals surface area contributed by atoms with Crippen LogP contribution in [0.5, 0.6) is 0 Å². The first-order valence-corrected chi connectivity index (χ1v) is 7.64. The molecule has 0 saturated carbocycles. The highest BCUT2D eigenvalue weighted by Gasteiger charge is 2.18. The maximum atomic E-state index is 11.1. The van der Waals surface area contributed by atoms with Crippen molar-refractivity contribution in [2.24, 2.45) is 0 Å². The number of nitrogens with zero attached hydrogens (tertiary/aromatic N) is 5. The number of aromatic nitrogens is 4. The van der Waals surface area contributed by atoms with Crippen LogP contribution in [0.15, 0.2) is 52.5 Å². The molecule has 0 bridgehead atoms.